The van der Waals surface area contributed by atoms with Crippen molar-refractivity contribution in [2.75, 3.05) is 12.3 Å². The van der Waals surface area contributed by atoms with E-state index in [0.717, 1.165) is 4.90 Å². The van der Waals surface area contributed by atoms with Gasteiger partial charge in [-0.25, -0.2) is 0 Å². The Morgan fingerprint density at radius 2 is 1.67 bits per heavy atom. The Balaban J connectivity index is 2.01. The van der Waals surface area contributed by atoms with Crippen LogP contribution in [0.1, 0.15) is 61.3 Å². The fourth-order valence-corrected chi connectivity index (χ4v) is 4.66. The van der Waals surface area contributed by atoms with Crippen molar-refractivity contribution in [3.63, 3.8) is 0 Å². The van der Waals surface area contributed by atoms with Gasteiger partial charge in [0.05, 0.1) is 16.5 Å². The largest absolute Gasteiger partial charge is 0.387 e. The molecule has 0 radical (unpaired) electrons. The van der Waals surface area contributed by atoms with Crippen LogP contribution >= 0.6 is 11.8 Å². The maximum Gasteiger partial charge on any atom is 0.270 e. The SMILES string of the molecule is CCSC1CC(=O)N(CCC(=O)NNC(=O)C2O[C@H](OC(C)(C)C)C(O)[C@H](O)[C@H]2OC(C)(C)C)C1=O. The molecule has 0 aromatic heterocycles. The molecule has 12 nitrogen and oxygen atoms in total. The number of aliphatic hydroxyl groups excluding tert-OH is 2. The molecule has 2 saturated heterocycles. The van der Waals surface area contributed by atoms with Crippen molar-refractivity contribution in [3.05, 3.63) is 0 Å². The summed E-state index contributed by atoms with van der Waals surface area (Å²) in [4.78, 5) is 50.7. The first-order valence-electron chi connectivity index (χ1n) is 12.0. The topological polar surface area (TPSA) is 164 Å². The van der Waals surface area contributed by atoms with Gasteiger partial charge in [-0.15, -0.1) is 11.8 Å². The van der Waals surface area contributed by atoms with Gasteiger partial charge in [0.25, 0.3) is 5.91 Å². The molecule has 2 heterocycles. The molecule has 4 amide bonds. The third kappa shape index (κ3) is 8.38. The summed E-state index contributed by atoms with van der Waals surface area (Å²) in [7, 11) is 0. The number of amides is 4. The molecule has 0 saturated carbocycles. The predicted molar refractivity (Wildman–Crippen MR) is 130 cm³/mol. The quantitative estimate of drug-likeness (QED) is 0.244. The summed E-state index contributed by atoms with van der Waals surface area (Å²) < 4.78 is 17.1. The molecule has 206 valence electrons. The van der Waals surface area contributed by atoms with Crippen LogP contribution in [0.3, 0.4) is 0 Å². The van der Waals surface area contributed by atoms with E-state index >= 15 is 0 Å². The molecule has 2 fully saturated rings. The number of hydrogen-bond acceptors (Lipinski definition) is 10. The number of carbonyl (C=O) groups is 4. The maximum atomic E-state index is 12.9. The molecule has 0 aromatic carbocycles. The summed E-state index contributed by atoms with van der Waals surface area (Å²) in [6.45, 7) is 12.1. The average molecular weight is 534 g/mol. The van der Waals surface area contributed by atoms with Gasteiger partial charge >= 0.3 is 0 Å². The van der Waals surface area contributed by atoms with Gasteiger partial charge in [-0.05, 0) is 47.3 Å². The van der Waals surface area contributed by atoms with Crippen LogP contribution in [0.2, 0.25) is 0 Å². The lowest BCUT2D eigenvalue weighted by atomic mass is 9.96. The summed E-state index contributed by atoms with van der Waals surface area (Å²) in [6, 6.07) is 0. The Kier molecular flexibility index (Phi) is 10.3. The lowest BCUT2D eigenvalue weighted by Gasteiger charge is -2.45. The zero-order chi connectivity index (χ0) is 27.4. The van der Waals surface area contributed by atoms with Gasteiger partial charge in [0, 0.05) is 19.4 Å². The summed E-state index contributed by atoms with van der Waals surface area (Å²) in [5.74, 6) is -1.43. The van der Waals surface area contributed by atoms with Crippen LogP contribution in [0, 0.1) is 0 Å². The average Bonchev–Trinajstić information content (AvgIpc) is 3.01. The van der Waals surface area contributed by atoms with E-state index in [1.54, 1.807) is 41.5 Å². The third-order valence-corrected chi connectivity index (χ3v) is 6.32. The first-order valence-corrected chi connectivity index (χ1v) is 13.0. The zero-order valence-corrected chi connectivity index (χ0v) is 22.7. The molecule has 2 rings (SSSR count). The Morgan fingerprint density at radius 3 is 2.22 bits per heavy atom. The number of nitrogens with one attached hydrogen (secondary N) is 2. The van der Waals surface area contributed by atoms with Crippen LogP contribution in [0.25, 0.3) is 0 Å². The monoisotopic (exact) mass is 533 g/mol. The van der Waals surface area contributed by atoms with Gasteiger partial charge in [-0.3, -0.25) is 34.9 Å². The van der Waals surface area contributed by atoms with Crippen LogP contribution in [0.4, 0.5) is 0 Å². The van der Waals surface area contributed by atoms with Gasteiger partial charge in [0.2, 0.25) is 17.7 Å². The number of carbonyl (C=O) groups excluding carboxylic acids is 4. The summed E-state index contributed by atoms with van der Waals surface area (Å²) >= 11 is 1.38. The van der Waals surface area contributed by atoms with Crippen molar-refractivity contribution in [2.24, 2.45) is 0 Å². The molecule has 13 heteroatoms. The minimum Gasteiger partial charge on any atom is -0.387 e. The van der Waals surface area contributed by atoms with Crippen molar-refractivity contribution >= 4 is 35.4 Å². The molecule has 0 spiro atoms. The molecule has 3 unspecified atom stereocenters. The van der Waals surface area contributed by atoms with Gasteiger partial charge < -0.3 is 24.4 Å². The van der Waals surface area contributed by atoms with E-state index < -0.39 is 59.0 Å². The molecule has 36 heavy (non-hydrogen) atoms. The second-order valence-corrected chi connectivity index (χ2v) is 12.1. The number of likely N-dealkylation sites (tertiary alicyclic amines) is 1. The summed E-state index contributed by atoms with van der Waals surface area (Å²) in [5, 5.41) is 20.8. The maximum absolute atomic E-state index is 12.9. The number of nitrogens with zero attached hydrogens (tertiary/aromatic N) is 1. The highest BCUT2D eigenvalue weighted by molar-refractivity contribution is 8.00. The molecule has 0 aromatic rings. The van der Waals surface area contributed by atoms with Crippen molar-refractivity contribution in [3.8, 4) is 0 Å². The predicted octanol–water partition coefficient (Wildman–Crippen LogP) is -0.150. The van der Waals surface area contributed by atoms with E-state index in [4.69, 9.17) is 14.2 Å². The number of ether oxygens (including phenoxy) is 3. The molecule has 2 aliphatic heterocycles. The van der Waals surface area contributed by atoms with Crippen molar-refractivity contribution < 1.29 is 43.6 Å². The minimum atomic E-state index is -1.52. The Morgan fingerprint density at radius 1 is 1.06 bits per heavy atom. The minimum absolute atomic E-state index is 0.107. The van der Waals surface area contributed by atoms with Crippen molar-refractivity contribution in [1.82, 2.24) is 15.8 Å². The number of aliphatic hydroxyl groups is 2. The molecule has 6 atom stereocenters. The highest BCUT2D eigenvalue weighted by Gasteiger charge is 2.51. The highest BCUT2D eigenvalue weighted by Crippen LogP contribution is 2.30. The smallest absolute Gasteiger partial charge is 0.270 e. The fraction of sp³-hybridized carbons (Fsp3) is 0.826. The van der Waals surface area contributed by atoms with Crippen LogP contribution < -0.4 is 10.9 Å². The molecular formula is C23H39N3O9S. The van der Waals surface area contributed by atoms with Crippen molar-refractivity contribution in [2.45, 2.75) is 108 Å². The van der Waals surface area contributed by atoms with Crippen molar-refractivity contribution in [1.29, 1.82) is 0 Å². The first-order chi connectivity index (χ1) is 16.5. The van der Waals surface area contributed by atoms with Gasteiger partial charge in [0.1, 0.15) is 18.3 Å². The van der Waals surface area contributed by atoms with Crippen LogP contribution in [0.15, 0.2) is 0 Å². The zero-order valence-electron chi connectivity index (χ0n) is 21.9. The van der Waals surface area contributed by atoms with E-state index in [0.29, 0.717) is 5.75 Å². The van der Waals surface area contributed by atoms with Gasteiger partial charge in [-0.2, -0.15) is 0 Å². The number of rotatable bonds is 8. The van der Waals surface area contributed by atoms with Gasteiger partial charge in [-0.1, -0.05) is 6.92 Å². The Bertz CT molecular complexity index is 827. The molecule has 4 N–H and O–H groups in total. The van der Waals surface area contributed by atoms with Crippen LogP contribution in [-0.2, 0) is 33.4 Å². The van der Waals surface area contributed by atoms with E-state index in [1.165, 1.54) is 11.8 Å². The molecule has 2 aliphatic rings. The lowest BCUT2D eigenvalue weighted by molar-refractivity contribution is -0.324. The number of hydrogen-bond donors (Lipinski definition) is 4. The van der Waals surface area contributed by atoms with E-state index in [9.17, 15) is 29.4 Å². The highest BCUT2D eigenvalue weighted by atomic mass is 32.2. The van der Waals surface area contributed by atoms with Crippen LogP contribution in [0.5, 0.6) is 0 Å². The summed E-state index contributed by atoms with van der Waals surface area (Å²) in [6.07, 6.45) is -7.12. The van der Waals surface area contributed by atoms with E-state index in [-0.39, 0.29) is 31.2 Å². The molecular weight excluding hydrogens is 494 g/mol. The van der Waals surface area contributed by atoms with E-state index in [1.807, 2.05) is 6.92 Å². The number of thioether (sulfide) groups is 1. The first kappa shape index (κ1) is 30.5. The lowest BCUT2D eigenvalue weighted by Crippen LogP contribution is -2.65. The Hall–Kier alpha value is -1.77. The fourth-order valence-electron chi connectivity index (χ4n) is 3.73. The number of imide groups is 1. The molecule has 0 bridgehead atoms. The summed E-state index contributed by atoms with van der Waals surface area (Å²) in [5.41, 5.74) is 2.91. The van der Waals surface area contributed by atoms with E-state index in [2.05, 4.69) is 10.9 Å². The van der Waals surface area contributed by atoms with Crippen LogP contribution in [-0.4, -0.2) is 98.2 Å². The standard InChI is InChI=1S/C23H39N3O9S/c1-8-36-12-11-14(28)26(20(12)32)10-9-13(27)24-25-19(31)18-17(34-22(2,3)4)15(29)16(30)21(33-18)35-23(5,6)7/h12,15-18,21,29-30H,8-11H2,1-7H3,(H,24,27)(H,25,31)/t12?,15-,16?,17+,18?,21+/m0/s1. The normalized spacial score (nSPS) is 29.4. The Labute approximate surface area is 215 Å². The number of hydrazine groups is 1. The molecule has 0 aliphatic carbocycles. The van der Waals surface area contributed by atoms with Gasteiger partial charge in [0.15, 0.2) is 12.4 Å². The third-order valence-electron chi connectivity index (χ3n) is 5.22. The second-order valence-electron chi connectivity index (χ2n) is 10.7. The second kappa shape index (κ2) is 12.2.